The molecule has 2 heterocycles. The minimum atomic E-state index is -0.548. The lowest BCUT2D eigenvalue weighted by molar-refractivity contribution is 0.234. The van der Waals surface area contributed by atoms with Crippen LogP contribution in [0.15, 0.2) is 0 Å². The molecule has 9 nitrogen and oxygen atoms in total. The zero-order valence-corrected chi connectivity index (χ0v) is 14.9. The Morgan fingerprint density at radius 3 is 1.96 bits per heavy atom. The monoisotopic (exact) mass is 334 g/mol. The van der Waals surface area contributed by atoms with Crippen LogP contribution in [0.1, 0.15) is 27.2 Å². The fourth-order valence-corrected chi connectivity index (χ4v) is 2.05. The standard InChI is InChI=1S/C15H26N8O/c1-6-7-18-11-9-10(20-13(16-4)21-11)12(22-14(17-5)19-9)23-15(2,3)8-24/h24H,6-8H2,1-5H3,(H2,16,18,20,21)(H2,17,19,22,23). The van der Waals surface area contributed by atoms with E-state index in [0.717, 1.165) is 13.0 Å². The zero-order valence-electron chi connectivity index (χ0n) is 14.9. The van der Waals surface area contributed by atoms with Crippen LogP contribution in [0.5, 0.6) is 0 Å². The van der Waals surface area contributed by atoms with E-state index in [-0.39, 0.29) is 6.61 Å². The molecule has 0 aliphatic carbocycles. The Morgan fingerprint density at radius 2 is 1.46 bits per heavy atom. The molecule has 0 unspecified atom stereocenters. The second-order valence-corrected chi connectivity index (χ2v) is 6.08. The number of aliphatic hydroxyl groups is 1. The summed E-state index contributed by atoms with van der Waals surface area (Å²) in [5.41, 5.74) is 0.667. The average molecular weight is 334 g/mol. The number of aliphatic hydroxyl groups excluding tert-OH is 1. The third-order valence-corrected chi connectivity index (χ3v) is 3.39. The van der Waals surface area contributed by atoms with Crippen molar-refractivity contribution in [1.29, 1.82) is 0 Å². The van der Waals surface area contributed by atoms with Crippen molar-refractivity contribution in [2.45, 2.75) is 32.7 Å². The molecule has 0 spiro atoms. The SMILES string of the molecule is CCCNc1nc(NC)nc2c(NC(C)(C)CO)nc(NC)nc12. The maximum atomic E-state index is 9.55. The second-order valence-electron chi connectivity index (χ2n) is 6.08. The lowest BCUT2D eigenvalue weighted by Gasteiger charge is -2.25. The Morgan fingerprint density at radius 1 is 0.917 bits per heavy atom. The van der Waals surface area contributed by atoms with Gasteiger partial charge in [0.05, 0.1) is 12.1 Å². The van der Waals surface area contributed by atoms with Gasteiger partial charge in [-0.25, -0.2) is 9.97 Å². The van der Waals surface area contributed by atoms with Crippen LogP contribution in [0.2, 0.25) is 0 Å². The molecular formula is C15H26N8O. The highest BCUT2D eigenvalue weighted by molar-refractivity contribution is 5.94. The van der Waals surface area contributed by atoms with Crippen LogP contribution in [0.4, 0.5) is 23.5 Å². The Kier molecular flexibility index (Phi) is 5.55. The number of nitrogens with one attached hydrogen (secondary N) is 4. The second kappa shape index (κ2) is 7.43. The minimum absolute atomic E-state index is 0.0434. The molecule has 9 heteroatoms. The van der Waals surface area contributed by atoms with Crippen LogP contribution in [0.25, 0.3) is 11.0 Å². The molecule has 0 atom stereocenters. The normalized spacial score (nSPS) is 11.4. The molecule has 0 aliphatic heterocycles. The summed E-state index contributed by atoms with van der Waals surface area (Å²) >= 11 is 0. The molecule has 0 aliphatic rings. The fourth-order valence-electron chi connectivity index (χ4n) is 2.05. The zero-order chi connectivity index (χ0) is 17.7. The molecule has 5 N–H and O–H groups in total. The molecule has 0 radical (unpaired) electrons. The highest BCUT2D eigenvalue weighted by atomic mass is 16.3. The first-order valence-corrected chi connectivity index (χ1v) is 8.02. The van der Waals surface area contributed by atoms with Crippen LogP contribution in [-0.4, -0.2) is 57.8 Å². The molecule has 0 saturated heterocycles. The maximum Gasteiger partial charge on any atom is 0.225 e. The summed E-state index contributed by atoms with van der Waals surface area (Å²) < 4.78 is 0. The van der Waals surface area contributed by atoms with Crippen LogP contribution in [0, 0.1) is 0 Å². The van der Waals surface area contributed by atoms with Gasteiger partial charge in [-0.2, -0.15) is 9.97 Å². The number of hydrogen-bond donors (Lipinski definition) is 5. The number of anilines is 4. The Bertz CT molecular complexity index is 703. The third kappa shape index (κ3) is 3.91. The van der Waals surface area contributed by atoms with Gasteiger partial charge in [-0.3, -0.25) is 0 Å². The summed E-state index contributed by atoms with van der Waals surface area (Å²) in [6.45, 7) is 6.59. The molecule has 132 valence electrons. The van der Waals surface area contributed by atoms with Gasteiger partial charge in [0.1, 0.15) is 11.0 Å². The molecule has 0 bridgehead atoms. The fraction of sp³-hybridized carbons (Fsp3) is 0.600. The van der Waals surface area contributed by atoms with Crippen LogP contribution < -0.4 is 21.3 Å². The molecule has 0 aromatic carbocycles. The number of fused-ring (bicyclic) bond motifs is 1. The topological polar surface area (TPSA) is 120 Å². The summed E-state index contributed by atoms with van der Waals surface area (Å²) in [6, 6.07) is 0. The van der Waals surface area contributed by atoms with Gasteiger partial charge >= 0.3 is 0 Å². The molecule has 0 amide bonds. The predicted octanol–water partition coefficient (Wildman–Crippen LogP) is 1.51. The summed E-state index contributed by atoms with van der Waals surface area (Å²) in [6.07, 6.45) is 0.965. The van der Waals surface area contributed by atoms with Crippen LogP contribution in [-0.2, 0) is 0 Å². The van der Waals surface area contributed by atoms with Gasteiger partial charge in [0.15, 0.2) is 11.6 Å². The lowest BCUT2D eigenvalue weighted by atomic mass is 10.1. The Labute approximate surface area is 141 Å². The van der Waals surface area contributed by atoms with E-state index in [1.807, 2.05) is 13.8 Å². The first kappa shape index (κ1) is 17.9. The summed E-state index contributed by atoms with van der Waals surface area (Å²) in [4.78, 5) is 17.9. The minimum Gasteiger partial charge on any atom is -0.394 e. The van der Waals surface area contributed by atoms with Gasteiger partial charge in [0, 0.05) is 20.6 Å². The number of rotatable bonds is 8. The molecule has 0 saturated carbocycles. The van der Waals surface area contributed by atoms with E-state index < -0.39 is 5.54 Å². The highest BCUT2D eigenvalue weighted by Crippen LogP contribution is 2.28. The molecule has 0 fully saturated rings. The molecular weight excluding hydrogens is 308 g/mol. The van der Waals surface area contributed by atoms with Crippen molar-refractivity contribution >= 4 is 34.6 Å². The highest BCUT2D eigenvalue weighted by Gasteiger charge is 2.21. The third-order valence-electron chi connectivity index (χ3n) is 3.39. The summed E-state index contributed by atoms with van der Waals surface area (Å²) in [5.74, 6) is 2.13. The van der Waals surface area contributed by atoms with Crippen molar-refractivity contribution in [3.63, 3.8) is 0 Å². The van der Waals surface area contributed by atoms with Gasteiger partial charge in [-0.1, -0.05) is 6.92 Å². The Balaban J connectivity index is 2.66. The van der Waals surface area contributed by atoms with Crippen molar-refractivity contribution in [2.75, 3.05) is 48.5 Å². The predicted molar refractivity (Wildman–Crippen MR) is 97.8 cm³/mol. The van der Waals surface area contributed by atoms with Crippen molar-refractivity contribution in [3.05, 3.63) is 0 Å². The molecule has 2 aromatic rings. The van der Waals surface area contributed by atoms with Crippen molar-refractivity contribution in [1.82, 2.24) is 19.9 Å². The van der Waals surface area contributed by atoms with Crippen molar-refractivity contribution < 1.29 is 5.11 Å². The van der Waals surface area contributed by atoms with Gasteiger partial charge < -0.3 is 26.4 Å². The van der Waals surface area contributed by atoms with Crippen LogP contribution >= 0.6 is 0 Å². The molecule has 2 rings (SSSR count). The first-order valence-electron chi connectivity index (χ1n) is 8.02. The van der Waals surface area contributed by atoms with Gasteiger partial charge in [0.25, 0.3) is 0 Å². The van der Waals surface area contributed by atoms with Gasteiger partial charge in [0.2, 0.25) is 11.9 Å². The van der Waals surface area contributed by atoms with E-state index >= 15 is 0 Å². The number of nitrogens with zero attached hydrogens (tertiary/aromatic N) is 4. The van der Waals surface area contributed by atoms with Crippen LogP contribution in [0.3, 0.4) is 0 Å². The van der Waals surface area contributed by atoms with Crippen molar-refractivity contribution in [3.8, 4) is 0 Å². The molecule has 24 heavy (non-hydrogen) atoms. The van der Waals surface area contributed by atoms with E-state index in [4.69, 9.17) is 0 Å². The van der Waals surface area contributed by atoms with E-state index in [2.05, 4.69) is 48.1 Å². The summed E-state index contributed by atoms with van der Waals surface area (Å²) in [7, 11) is 3.52. The van der Waals surface area contributed by atoms with Gasteiger partial charge in [-0.15, -0.1) is 0 Å². The maximum absolute atomic E-state index is 9.55. The van der Waals surface area contributed by atoms with Gasteiger partial charge in [-0.05, 0) is 20.3 Å². The van der Waals surface area contributed by atoms with E-state index in [1.165, 1.54) is 0 Å². The smallest absolute Gasteiger partial charge is 0.225 e. The number of hydrogen-bond acceptors (Lipinski definition) is 9. The summed E-state index contributed by atoms with van der Waals surface area (Å²) in [5, 5.41) is 22.0. The van der Waals surface area contributed by atoms with E-state index in [0.29, 0.717) is 34.6 Å². The molecule has 2 aromatic heterocycles. The quantitative estimate of drug-likeness (QED) is 0.489. The van der Waals surface area contributed by atoms with Crippen molar-refractivity contribution in [2.24, 2.45) is 0 Å². The van der Waals surface area contributed by atoms with E-state index in [9.17, 15) is 5.11 Å². The first-order chi connectivity index (χ1) is 11.4. The number of aromatic nitrogens is 4. The Hall–Kier alpha value is -2.42. The van der Waals surface area contributed by atoms with E-state index in [1.54, 1.807) is 14.1 Å². The average Bonchev–Trinajstić information content (AvgIpc) is 2.59. The lowest BCUT2D eigenvalue weighted by Crippen LogP contribution is -2.35. The largest absolute Gasteiger partial charge is 0.394 e.